The highest BCUT2D eigenvalue weighted by Crippen LogP contribution is 2.43. The molecule has 29 heavy (non-hydrogen) atoms. The van der Waals surface area contributed by atoms with Crippen molar-refractivity contribution in [1.82, 2.24) is 9.88 Å². The van der Waals surface area contributed by atoms with Crippen LogP contribution in [0.2, 0.25) is 0 Å². The molecule has 144 valence electrons. The number of benzene rings is 3. The smallest absolute Gasteiger partial charge is 0.223 e. The van der Waals surface area contributed by atoms with Gasteiger partial charge >= 0.3 is 0 Å². The van der Waals surface area contributed by atoms with Crippen LogP contribution >= 0.6 is 0 Å². The fourth-order valence-electron chi connectivity index (χ4n) is 4.37. The summed E-state index contributed by atoms with van der Waals surface area (Å²) >= 11 is 0. The number of amides is 1. The van der Waals surface area contributed by atoms with Gasteiger partial charge in [0, 0.05) is 29.4 Å². The Hall–Kier alpha value is -3.40. The molecule has 1 N–H and O–H groups in total. The standard InChI is InChI=1S/C25H21FN2O/c26-19-12-10-18(11-13-19)25-24(20-8-4-5-9-21(20)27-25)22-14-15-23(29)28(22)16-17-6-2-1-3-7-17/h1-13,22,27H,14-16H2/t22-/m1/s1. The molecule has 1 aliphatic heterocycles. The predicted molar refractivity (Wildman–Crippen MR) is 113 cm³/mol. The van der Waals surface area contributed by atoms with E-state index < -0.39 is 0 Å². The number of carbonyl (C=O) groups excluding carboxylic acids is 1. The number of hydrogen-bond acceptors (Lipinski definition) is 1. The number of likely N-dealkylation sites (tertiary alicyclic amines) is 1. The predicted octanol–water partition coefficient (Wildman–Crippen LogP) is 5.84. The van der Waals surface area contributed by atoms with Gasteiger partial charge in [0.15, 0.2) is 0 Å². The number of aromatic amines is 1. The molecule has 0 spiro atoms. The second-order valence-corrected chi connectivity index (χ2v) is 7.53. The molecule has 0 saturated carbocycles. The van der Waals surface area contributed by atoms with Gasteiger partial charge in [-0.05, 0) is 47.9 Å². The summed E-state index contributed by atoms with van der Waals surface area (Å²) in [5.41, 5.74) is 5.16. The number of aromatic nitrogens is 1. The van der Waals surface area contributed by atoms with E-state index in [2.05, 4.69) is 23.2 Å². The van der Waals surface area contributed by atoms with E-state index in [0.29, 0.717) is 13.0 Å². The van der Waals surface area contributed by atoms with Crippen molar-refractivity contribution in [2.24, 2.45) is 0 Å². The minimum absolute atomic E-state index is 0.0149. The summed E-state index contributed by atoms with van der Waals surface area (Å²) in [5, 5.41) is 1.12. The van der Waals surface area contributed by atoms with Gasteiger partial charge in [-0.25, -0.2) is 4.39 Å². The molecule has 0 radical (unpaired) electrons. The summed E-state index contributed by atoms with van der Waals surface area (Å²) in [7, 11) is 0. The molecule has 3 nitrogen and oxygen atoms in total. The first-order valence-electron chi connectivity index (χ1n) is 9.90. The van der Waals surface area contributed by atoms with Crippen LogP contribution in [0, 0.1) is 5.82 Å². The van der Waals surface area contributed by atoms with Crippen LogP contribution in [0.3, 0.4) is 0 Å². The molecule has 1 saturated heterocycles. The van der Waals surface area contributed by atoms with Gasteiger partial charge in [0.2, 0.25) is 5.91 Å². The first-order chi connectivity index (χ1) is 14.2. The molecule has 4 heteroatoms. The summed E-state index contributed by atoms with van der Waals surface area (Å²) in [6, 6.07) is 24.8. The van der Waals surface area contributed by atoms with Crippen LogP contribution < -0.4 is 0 Å². The van der Waals surface area contributed by atoms with E-state index in [1.807, 2.05) is 41.3 Å². The van der Waals surface area contributed by atoms with Gasteiger partial charge in [-0.15, -0.1) is 0 Å². The quantitative estimate of drug-likeness (QED) is 0.472. The number of nitrogens with one attached hydrogen (secondary N) is 1. The number of H-pyrrole nitrogens is 1. The van der Waals surface area contributed by atoms with Crippen molar-refractivity contribution in [2.45, 2.75) is 25.4 Å². The topological polar surface area (TPSA) is 36.1 Å². The Kier molecular flexibility index (Phi) is 4.39. The second kappa shape index (κ2) is 7.21. The van der Waals surface area contributed by atoms with Crippen LogP contribution in [-0.4, -0.2) is 15.8 Å². The van der Waals surface area contributed by atoms with Crippen molar-refractivity contribution in [3.63, 3.8) is 0 Å². The number of halogens is 1. The van der Waals surface area contributed by atoms with Crippen molar-refractivity contribution in [2.75, 3.05) is 0 Å². The molecule has 3 aromatic carbocycles. The SMILES string of the molecule is O=C1CC[C@H](c2c(-c3ccc(F)cc3)[nH]c3ccccc23)N1Cc1ccccc1. The lowest BCUT2D eigenvalue weighted by molar-refractivity contribution is -0.129. The molecule has 2 heterocycles. The lowest BCUT2D eigenvalue weighted by Gasteiger charge is -2.26. The highest BCUT2D eigenvalue weighted by atomic mass is 19.1. The summed E-state index contributed by atoms with van der Waals surface area (Å²) in [4.78, 5) is 18.3. The van der Waals surface area contributed by atoms with Crippen LogP contribution in [0.1, 0.15) is 30.0 Å². The number of rotatable bonds is 4. The zero-order chi connectivity index (χ0) is 19.8. The number of hydrogen-bond donors (Lipinski definition) is 1. The molecule has 1 aliphatic rings. The number of fused-ring (bicyclic) bond motifs is 1. The van der Waals surface area contributed by atoms with E-state index in [1.54, 1.807) is 12.1 Å². The molecule has 1 amide bonds. The zero-order valence-electron chi connectivity index (χ0n) is 15.9. The highest BCUT2D eigenvalue weighted by molar-refractivity contribution is 5.92. The third-order valence-corrected chi connectivity index (χ3v) is 5.74. The van der Waals surface area contributed by atoms with E-state index in [0.717, 1.165) is 39.7 Å². The first-order valence-corrected chi connectivity index (χ1v) is 9.90. The minimum atomic E-state index is -0.256. The fourth-order valence-corrected chi connectivity index (χ4v) is 4.37. The van der Waals surface area contributed by atoms with Gasteiger partial charge in [0.1, 0.15) is 5.82 Å². The molecule has 0 unspecified atom stereocenters. The van der Waals surface area contributed by atoms with Gasteiger partial charge in [-0.2, -0.15) is 0 Å². The van der Waals surface area contributed by atoms with E-state index in [4.69, 9.17) is 0 Å². The Morgan fingerprint density at radius 2 is 1.66 bits per heavy atom. The normalized spacial score (nSPS) is 16.7. The van der Waals surface area contributed by atoms with E-state index in [9.17, 15) is 9.18 Å². The average Bonchev–Trinajstić information content (AvgIpc) is 3.30. The average molecular weight is 384 g/mol. The fraction of sp³-hybridized carbons (Fsp3) is 0.160. The van der Waals surface area contributed by atoms with Crippen molar-refractivity contribution >= 4 is 16.8 Å². The van der Waals surface area contributed by atoms with Crippen LogP contribution in [-0.2, 0) is 11.3 Å². The maximum Gasteiger partial charge on any atom is 0.223 e. The van der Waals surface area contributed by atoms with Gasteiger partial charge in [-0.3, -0.25) is 4.79 Å². The van der Waals surface area contributed by atoms with Crippen LogP contribution in [0.15, 0.2) is 78.9 Å². The van der Waals surface area contributed by atoms with Gasteiger partial charge < -0.3 is 9.88 Å². The maximum atomic E-state index is 13.5. The zero-order valence-corrected chi connectivity index (χ0v) is 15.9. The van der Waals surface area contributed by atoms with Crippen molar-refractivity contribution in [3.05, 3.63) is 95.8 Å². The molecule has 1 atom stereocenters. The van der Waals surface area contributed by atoms with Crippen LogP contribution in [0.25, 0.3) is 22.2 Å². The van der Waals surface area contributed by atoms with Gasteiger partial charge in [0.05, 0.1) is 11.7 Å². The summed E-state index contributed by atoms with van der Waals surface area (Å²) in [6.07, 6.45) is 1.32. The molecule has 1 aromatic heterocycles. The largest absolute Gasteiger partial charge is 0.354 e. The second-order valence-electron chi connectivity index (χ2n) is 7.53. The van der Waals surface area contributed by atoms with Crippen LogP contribution in [0.4, 0.5) is 4.39 Å². The third-order valence-electron chi connectivity index (χ3n) is 5.74. The Bertz CT molecular complexity index is 1160. The molecule has 0 bridgehead atoms. The Labute approximate surface area is 168 Å². The van der Waals surface area contributed by atoms with E-state index >= 15 is 0 Å². The Morgan fingerprint density at radius 1 is 0.931 bits per heavy atom. The molecule has 0 aliphatic carbocycles. The molecule has 4 aromatic rings. The molecular formula is C25H21FN2O. The lowest BCUT2D eigenvalue weighted by Crippen LogP contribution is -2.27. The minimum Gasteiger partial charge on any atom is -0.354 e. The number of carbonyl (C=O) groups is 1. The first kappa shape index (κ1) is 17.7. The van der Waals surface area contributed by atoms with Crippen LogP contribution in [0.5, 0.6) is 0 Å². The summed E-state index contributed by atoms with van der Waals surface area (Å²) in [6.45, 7) is 0.590. The van der Waals surface area contributed by atoms with E-state index in [-0.39, 0.29) is 17.8 Å². The molecule has 5 rings (SSSR count). The Morgan fingerprint density at radius 3 is 2.45 bits per heavy atom. The summed E-state index contributed by atoms with van der Waals surface area (Å²) in [5.74, 6) is -0.0812. The number of para-hydroxylation sites is 1. The van der Waals surface area contributed by atoms with Crippen molar-refractivity contribution in [3.8, 4) is 11.3 Å². The number of nitrogens with zero attached hydrogens (tertiary/aromatic N) is 1. The highest BCUT2D eigenvalue weighted by Gasteiger charge is 2.35. The maximum absolute atomic E-state index is 13.5. The van der Waals surface area contributed by atoms with Crippen molar-refractivity contribution < 1.29 is 9.18 Å². The lowest BCUT2D eigenvalue weighted by atomic mass is 9.97. The third kappa shape index (κ3) is 3.21. The molecular weight excluding hydrogens is 363 g/mol. The van der Waals surface area contributed by atoms with Crippen molar-refractivity contribution in [1.29, 1.82) is 0 Å². The Balaban J connectivity index is 1.64. The monoisotopic (exact) mass is 384 g/mol. The van der Waals surface area contributed by atoms with Gasteiger partial charge in [0.25, 0.3) is 0 Å². The summed E-state index contributed by atoms with van der Waals surface area (Å²) < 4.78 is 13.5. The molecule has 1 fully saturated rings. The van der Waals surface area contributed by atoms with Gasteiger partial charge in [-0.1, -0.05) is 48.5 Å². The van der Waals surface area contributed by atoms with E-state index in [1.165, 1.54) is 12.1 Å².